The molecule has 0 radical (unpaired) electrons. The zero-order chi connectivity index (χ0) is 30.5. The van der Waals surface area contributed by atoms with Gasteiger partial charge in [-0.25, -0.2) is 13.1 Å². The van der Waals surface area contributed by atoms with E-state index in [-0.39, 0.29) is 42.7 Å². The molecule has 0 saturated carbocycles. The van der Waals surface area contributed by atoms with Crippen molar-refractivity contribution in [2.24, 2.45) is 5.73 Å². The van der Waals surface area contributed by atoms with Gasteiger partial charge in [-0.05, 0) is 48.0 Å². The Balaban J connectivity index is 1.33. The highest BCUT2D eigenvalue weighted by Gasteiger charge is 2.28. The largest absolute Gasteiger partial charge is 0.378 e. The Hall–Kier alpha value is -2.29. The molecule has 232 valence electrons. The number of nitrogens with zero attached hydrogens (tertiary/aromatic N) is 1. The Morgan fingerprint density at radius 3 is 2.33 bits per heavy atom. The molecule has 0 bridgehead atoms. The van der Waals surface area contributed by atoms with Crippen LogP contribution in [0.25, 0.3) is 0 Å². The zero-order valence-electron chi connectivity index (χ0n) is 23.6. The zero-order valence-corrected chi connectivity index (χ0v) is 25.9. The van der Waals surface area contributed by atoms with E-state index in [1.54, 1.807) is 24.3 Å². The number of hydrogen-bond donors (Lipinski definition) is 3. The van der Waals surface area contributed by atoms with Gasteiger partial charge in [0.1, 0.15) is 0 Å². The van der Waals surface area contributed by atoms with E-state index in [4.69, 9.17) is 43.1 Å². The average Bonchev–Trinajstić information content (AvgIpc) is 2.94. The molecule has 14 heteroatoms. The molecular weight excluding hydrogens is 607 g/mol. The Morgan fingerprint density at radius 2 is 1.64 bits per heavy atom. The van der Waals surface area contributed by atoms with Crippen molar-refractivity contribution in [1.29, 1.82) is 0 Å². The minimum atomic E-state index is -3.74. The minimum Gasteiger partial charge on any atom is -0.378 e. The number of nitrogens with two attached hydrogens (primary N) is 1. The molecule has 2 aromatic carbocycles. The van der Waals surface area contributed by atoms with Crippen LogP contribution in [0, 0.1) is 0 Å². The maximum Gasteiger partial charge on any atom is 0.240 e. The lowest BCUT2D eigenvalue weighted by Gasteiger charge is -2.33. The summed E-state index contributed by atoms with van der Waals surface area (Å²) < 4.78 is 44.7. The molecule has 42 heavy (non-hydrogen) atoms. The van der Waals surface area contributed by atoms with E-state index in [9.17, 15) is 18.0 Å². The molecule has 1 aliphatic rings. The van der Waals surface area contributed by atoms with E-state index < -0.39 is 15.9 Å². The SMILES string of the molecule is CN1Cc2c(Cl)cc(Cl)cc2C(c2cccc(S(=O)(=O)NCCOCCOCCOCCNC(=O)CCC(N)=O)c2)C1. The predicted molar refractivity (Wildman–Crippen MR) is 160 cm³/mol. The van der Waals surface area contributed by atoms with Crippen molar-refractivity contribution < 1.29 is 32.2 Å². The normalized spacial score (nSPS) is 15.4. The number of rotatable bonds is 18. The first-order chi connectivity index (χ1) is 20.1. The number of carbonyl (C=O) groups excluding carboxylic acids is 2. The highest BCUT2D eigenvalue weighted by Crippen LogP contribution is 2.38. The highest BCUT2D eigenvalue weighted by molar-refractivity contribution is 7.89. The number of carbonyl (C=O) groups is 2. The molecule has 0 aliphatic carbocycles. The van der Waals surface area contributed by atoms with Crippen molar-refractivity contribution in [3.05, 3.63) is 63.1 Å². The third-order valence-electron chi connectivity index (χ3n) is 6.51. The number of hydrogen-bond acceptors (Lipinski definition) is 8. The van der Waals surface area contributed by atoms with Gasteiger partial charge < -0.3 is 30.2 Å². The monoisotopic (exact) mass is 644 g/mol. The van der Waals surface area contributed by atoms with Crippen molar-refractivity contribution in [1.82, 2.24) is 14.9 Å². The highest BCUT2D eigenvalue weighted by atomic mass is 35.5. The molecule has 0 saturated heterocycles. The molecular formula is C28H38Cl2N4O7S. The standard InChI is InChI=1S/C28H38Cl2N4O7S/c1-34-18-24(23-16-21(29)17-26(30)25(23)19-34)20-3-2-4-22(15-20)42(37,38)33-8-10-40-12-14-41-13-11-39-9-7-32-28(36)6-5-27(31)35/h2-4,15-17,24,33H,5-14,18-19H2,1H3,(H2,31,35)(H,32,36). The van der Waals surface area contributed by atoms with E-state index >= 15 is 0 Å². The van der Waals surface area contributed by atoms with Crippen molar-refractivity contribution in [3.8, 4) is 0 Å². The van der Waals surface area contributed by atoms with Gasteiger partial charge in [0.05, 0.1) is 44.5 Å². The van der Waals surface area contributed by atoms with Crippen LogP contribution in [0.3, 0.4) is 0 Å². The van der Waals surface area contributed by atoms with Gasteiger partial charge in [-0.1, -0.05) is 35.3 Å². The molecule has 2 aromatic rings. The first-order valence-electron chi connectivity index (χ1n) is 13.6. The fourth-order valence-corrected chi connectivity index (χ4v) is 6.13. The first kappa shape index (κ1) is 34.2. The number of nitrogens with one attached hydrogen (secondary N) is 2. The summed E-state index contributed by atoms with van der Waals surface area (Å²) >= 11 is 12.8. The van der Waals surface area contributed by atoms with Crippen molar-refractivity contribution in [3.63, 3.8) is 0 Å². The first-order valence-corrected chi connectivity index (χ1v) is 15.8. The lowest BCUT2D eigenvalue weighted by atomic mass is 9.85. The Kier molecular flexibility index (Phi) is 13.9. The summed E-state index contributed by atoms with van der Waals surface area (Å²) in [7, 11) is -1.74. The average molecular weight is 646 g/mol. The van der Waals surface area contributed by atoms with Gasteiger partial charge in [0.25, 0.3) is 0 Å². The van der Waals surface area contributed by atoms with E-state index in [0.717, 1.165) is 16.7 Å². The van der Waals surface area contributed by atoms with Crippen molar-refractivity contribution in [2.75, 3.05) is 66.3 Å². The fourth-order valence-electron chi connectivity index (χ4n) is 4.49. The molecule has 3 rings (SSSR count). The number of sulfonamides is 1. The van der Waals surface area contributed by atoms with E-state index in [1.807, 2.05) is 19.2 Å². The molecule has 1 unspecified atom stereocenters. The number of ether oxygens (including phenoxy) is 3. The topological polar surface area (TPSA) is 149 Å². The van der Waals surface area contributed by atoms with Crippen LogP contribution in [0.1, 0.15) is 35.4 Å². The van der Waals surface area contributed by atoms with Crippen LogP contribution in [-0.2, 0) is 40.4 Å². The fraction of sp³-hybridized carbons (Fsp3) is 0.500. The van der Waals surface area contributed by atoms with Crippen molar-refractivity contribution >= 4 is 45.0 Å². The van der Waals surface area contributed by atoms with Crippen molar-refractivity contribution in [2.45, 2.75) is 30.2 Å². The van der Waals surface area contributed by atoms with Crippen LogP contribution in [-0.4, -0.2) is 91.5 Å². The van der Waals surface area contributed by atoms with Crippen LogP contribution < -0.4 is 15.8 Å². The van der Waals surface area contributed by atoms with E-state index in [0.29, 0.717) is 62.7 Å². The third kappa shape index (κ3) is 11.1. The molecule has 4 N–H and O–H groups in total. The van der Waals surface area contributed by atoms with Gasteiger partial charge in [0.2, 0.25) is 21.8 Å². The smallest absolute Gasteiger partial charge is 0.240 e. The molecule has 0 aromatic heterocycles. The molecule has 1 atom stereocenters. The summed E-state index contributed by atoms with van der Waals surface area (Å²) in [5, 5.41) is 3.78. The minimum absolute atomic E-state index is 0.0173. The number of primary amides is 1. The number of benzene rings is 2. The maximum atomic E-state index is 13.0. The number of amides is 2. The summed E-state index contributed by atoms with van der Waals surface area (Å²) in [4.78, 5) is 24.4. The Bertz CT molecular complexity index is 1310. The lowest BCUT2D eigenvalue weighted by molar-refractivity contribution is -0.125. The van der Waals surface area contributed by atoms with Crippen LogP contribution in [0.5, 0.6) is 0 Å². The third-order valence-corrected chi connectivity index (χ3v) is 8.53. The second kappa shape index (κ2) is 17.1. The van der Waals surface area contributed by atoms with Gasteiger partial charge in [0, 0.05) is 55.0 Å². The molecule has 1 aliphatic heterocycles. The molecule has 2 amide bonds. The van der Waals surface area contributed by atoms with Gasteiger partial charge in [-0.3, -0.25) is 9.59 Å². The van der Waals surface area contributed by atoms with E-state index in [1.165, 1.54) is 0 Å². The van der Waals surface area contributed by atoms with Gasteiger partial charge >= 0.3 is 0 Å². The number of halogens is 2. The lowest BCUT2D eigenvalue weighted by Crippen LogP contribution is -2.31. The quantitative estimate of drug-likeness (QED) is 0.209. The van der Waals surface area contributed by atoms with Crippen LogP contribution in [0.2, 0.25) is 10.0 Å². The Morgan fingerprint density at radius 1 is 0.976 bits per heavy atom. The molecule has 0 spiro atoms. The van der Waals surface area contributed by atoms with Gasteiger partial charge in [0.15, 0.2) is 0 Å². The van der Waals surface area contributed by atoms with Crippen LogP contribution >= 0.6 is 23.2 Å². The van der Waals surface area contributed by atoms with Gasteiger partial charge in [-0.15, -0.1) is 0 Å². The summed E-state index contributed by atoms with van der Waals surface area (Å²) in [5.41, 5.74) is 7.87. The summed E-state index contributed by atoms with van der Waals surface area (Å²) in [6, 6.07) is 10.6. The summed E-state index contributed by atoms with van der Waals surface area (Å²) in [5.74, 6) is -0.839. The van der Waals surface area contributed by atoms with Crippen LogP contribution in [0.4, 0.5) is 0 Å². The predicted octanol–water partition coefficient (Wildman–Crippen LogP) is 2.28. The second-order valence-electron chi connectivity index (χ2n) is 9.83. The molecule has 11 nitrogen and oxygen atoms in total. The maximum absolute atomic E-state index is 13.0. The van der Waals surface area contributed by atoms with Crippen LogP contribution in [0.15, 0.2) is 41.3 Å². The number of likely N-dealkylation sites (N-methyl/N-ethyl adjacent to an activating group) is 1. The molecule has 1 heterocycles. The summed E-state index contributed by atoms with van der Waals surface area (Å²) in [6.07, 6.45) is 0.0799. The van der Waals surface area contributed by atoms with E-state index in [2.05, 4.69) is 14.9 Å². The summed E-state index contributed by atoms with van der Waals surface area (Å²) in [6.45, 7) is 3.67. The van der Waals surface area contributed by atoms with Gasteiger partial charge in [-0.2, -0.15) is 0 Å². The number of fused-ring (bicyclic) bond motifs is 1. The Labute approximate surface area is 257 Å². The molecule has 0 fully saturated rings. The second-order valence-corrected chi connectivity index (χ2v) is 12.4.